The largest absolute Gasteiger partial charge is 0.374 e. The quantitative estimate of drug-likeness (QED) is 0.613. The summed E-state index contributed by atoms with van der Waals surface area (Å²) < 4.78 is 41.9. The van der Waals surface area contributed by atoms with Crippen LogP contribution >= 0.6 is 0 Å². The molecular formula is C13H23FN4O3S. The number of allylic oxidation sites excluding steroid dienone is 1. The summed E-state index contributed by atoms with van der Waals surface area (Å²) in [5.41, 5.74) is 0. The predicted molar refractivity (Wildman–Crippen MR) is 84.9 cm³/mol. The van der Waals surface area contributed by atoms with Gasteiger partial charge in [-0.15, -0.1) is 0 Å². The van der Waals surface area contributed by atoms with Crippen molar-refractivity contribution in [1.29, 1.82) is 0 Å². The van der Waals surface area contributed by atoms with Crippen LogP contribution in [0.25, 0.3) is 0 Å². The predicted octanol–water partition coefficient (Wildman–Crippen LogP) is 1.03. The van der Waals surface area contributed by atoms with Crippen molar-refractivity contribution in [1.82, 2.24) is 4.90 Å². The lowest BCUT2D eigenvalue weighted by Crippen LogP contribution is -2.52. The number of nitrogens with zero attached hydrogens (tertiary/aromatic N) is 3. The molecule has 1 aliphatic rings. The molecule has 9 heteroatoms. The molecule has 0 amide bonds. The first-order valence-corrected chi connectivity index (χ1v) is 8.53. The fraction of sp³-hybridized carbons (Fsp3) is 0.692. The molecule has 126 valence electrons. The van der Waals surface area contributed by atoms with Gasteiger partial charge in [-0.05, 0) is 33.9 Å². The smallest absolute Gasteiger partial charge is 0.224 e. The second-order valence-electron chi connectivity index (χ2n) is 5.46. The van der Waals surface area contributed by atoms with Crippen LogP contribution in [0.15, 0.2) is 22.0 Å². The number of ether oxygens (including phenoxy) is 1. The monoisotopic (exact) mass is 334 g/mol. The minimum Gasteiger partial charge on any atom is -0.374 e. The molecular weight excluding hydrogens is 311 g/mol. The zero-order valence-electron chi connectivity index (χ0n) is 13.1. The van der Waals surface area contributed by atoms with Crippen LogP contribution < -0.4 is 5.14 Å². The summed E-state index contributed by atoms with van der Waals surface area (Å²) in [6.45, 7) is 8.87. The number of halogens is 1. The maximum Gasteiger partial charge on any atom is 0.224 e. The Hall–Kier alpha value is -1.32. The summed E-state index contributed by atoms with van der Waals surface area (Å²) in [5, 5.41) is 4.46. The van der Waals surface area contributed by atoms with E-state index in [2.05, 4.69) is 16.7 Å². The van der Waals surface area contributed by atoms with Crippen molar-refractivity contribution in [3.63, 3.8) is 0 Å². The third-order valence-corrected chi connectivity index (χ3v) is 4.36. The van der Waals surface area contributed by atoms with Crippen molar-refractivity contribution in [2.45, 2.75) is 44.6 Å². The Morgan fingerprint density at radius 3 is 2.59 bits per heavy atom. The van der Waals surface area contributed by atoms with Crippen LogP contribution in [-0.2, 0) is 14.8 Å². The molecule has 1 rings (SSSR count). The number of likely N-dealkylation sites (tertiary alicyclic amines) is 1. The topological polar surface area (TPSA) is 97.3 Å². The van der Waals surface area contributed by atoms with E-state index in [1.54, 1.807) is 4.90 Å². The van der Waals surface area contributed by atoms with Crippen molar-refractivity contribution in [2.24, 2.45) is 15.1 Å². The molecule has 0 aromatic carbocycles. The van der Waals surface area contributed by atoms with Crippen molar-refractivity contribution in [3.8, 4) is 0 Å². The minimum absolute atomic E-state index is 0.0591. The van der Waals surface area contributed by atoms with Crippen molar-refractivity contribution in [3.05, 3.63) is 12.0 Å². The number of hydrogen-bond acceptors (Lipinski definition) is 4. The van der Waals surface area contributed by atoms with E-state index < -0.39 is 21.1 Å². The van der Waals surface area contributed by atoms with Crippen LogP contribution in [0.4, 0.5) is 4.39 Å². The Labute approximate surface area is 130 Å². The molecule has 1 fully saturated rings. The summed E-state index contributed by atoms with van der Waals surface area (Å²) in [4.78, 5) is 9.21. The Kier molecular flexibility index (Phi) is 6.64. The Morgan fingerprint density at radius 1 is 1.50 bits per heavy atom. The highest BCUT2D eigenvalue weighted by molar-refractivity contribution is 7.89. The molecule has 0 unspecified atom stereocenters. The van der Waals surface area contributed by atoms with Crippen LogP contribution in [-0.4, -0.2) is 56.5 Å². The van der Waals surface area contributed by atoms with E-state index in [9.17, 15) is 12.8 Å². The number of rotatable bonds is 4. The summed E-state index contributed by atoms with van der Waals surface area (Å²) in [6, 6.07) is 0. The van der Waals surface area contributed by atoms with Gasteiger partial charge in [-0.2, -0.15) is 0 Å². The zero-order chi connectivity index (χ0) is 16.9. The molecule has 1 heterocycles. The van der Waals surface area contributed by atoms with Crippen LogP contribution in [0.1, 0.15) is 27.2 Å². The van der Waals surface area contributed by atoms with E-state index in [1.807, 2.05) is 13.8 Å². The molecule has 2 N–H and O–H groups in total. The molecule has 2 atom stereocenters. The highest BCUT2D eigenvalue weighted by Gasteiger charge is 2.35. The maximum atomic E-state index is 12.8. The van der Waals surface area contributed by atoms with Crippen molar-refractivity contribution >= 4 is 22.7 Å². The molecule has 22 heavy (non-hydrogen) atoms. The first-order chi connectivity index (χ1) is 10.1. The molecule has 0 aromatic heterocycles. The summed E-state index contributed by atoms with van der Waals surface area (Å²) in [7, 11) is -3.73. The number of primary sulfonamides is 1. The standard InChI is InChI=1S/C13H23FN4O3S/c1-9(2)21-11-5-12(22(15,19)20)8-18(7-11)13(16-4)17-6-10(3)14/h6,9,11-12H,4-5,7-8H2,1-3H3,(H2,15,19,20)/b10-6+,17-13+/t11-,12-/m0/s1. The average Bonchev–Trinajstić information content (AvgIpc) is 2.37. The van der Waals surface area contributed by atoms with Gasteiger partial charge in [-0.1, -0.05) is 0 Å². The molecule has 0 bridgehead atoms. The van der Waals surface area contributed by atoms with Gasteiger partial charge >= 0.3 is 0 Å². The molecule has 0 aliphatic carbocycles. The van der Waals surface area contributed by atoms with E-state index in [-0.39, 0.29) is 24.7 Å². The van der Waals surface area contributed by atoms with Crippen LogP contribution in [0, 0.1) is 0 Å². The third kappa shape index (κ3) is 5.82. The fourth-order valence-corrected chi connectivity index (χ4v) is 3.13. The van der Waals surface area contributed by atoms with Crippen molar-refractivity contribution < 1.29 is 17.5 Å². The third-order valence-electron chi connectivity index (χ3n) is 3.09. The molecule has 7 nitrogen and oxygen atoms in total. The number of guanidine groups is 1. The normalized spacial score (nSPS) is 24.7. The molecule has 0 saturated carbocycles. The van der Waals surface area contributed by atoms with Crippen LogP contribution in [0.3, 0.4) is 0 Å². The highest BCUT2D eigenvalue weighted by atomic mass is 32.2. The Morgan fingerprint density at radius 2 is 2.14 bits per heavy atom. The summed E-state index contributed by atoms with van der Waals surface area (Å²) in [5.74, 6) is -0.348. The van der Waals surface area contributed by atoms with Gasteiger partial charge in [0.15, 0.2) is 0 Å². The average molecular weight is 334 g/mol. The molecule has 0 spiro atoms. The summed E-state index contributed by atoms with van der Waals surface area (Å²) in [6.07, 6.45) is 0.911. The molecule has 0 radical (unpaired) electrons. The van der Waals surface area contributed by atoms with E-state index in [0.29, 0.717) is 13.0 Å². The highest BCUT2D eigenvalue weighted by Crippen LogP contribution is 2.20. The number of piperidine rings is 1. The van der Waals surface area contributed by atoms with Gasteiger partial charge in [0.25, 0.3) is 0 Å². The van der Waals surface area contributed by atoms with E-state index >= 15 is 0 Å². The molecule has 1 saturated heterocycles. The van der Waals surface area contributed by atoms with Gasteiger partial charge in [0.1, 0.15) is 5.83 Å². The first-order valence-electron chi connectivity index (χ1n) is 6.92. The van der Waals surface area contributed by atoms with E-state index in [1.165, 1.54) is 6.92 Å². The molecule has 1 aliphatic heterocycles. The lowest BCUT2D eigenvalue weighted by Gasteiger charge is -2.37. The fourth-order valence-electron chi connectivity index (χ4n) is 2.26. The van der Waals surface area contributed by atoms with Gasteiger partial charge in [0, 0.05) is 13.1 Å². The van der Waals surface area contributed by atoms with Gasteiger partial charge in [0.2, 0.25) is 16.0 Å². The second kappa shape index (κ2) is 7.80. The SMILES string of the molecule is C=N/C(=N\C=C(/C)F)N1C[C@@H](OC(C)C)C[C@H](S(N)(=O)=O)C1. The van der Waals surface area contributed by atoms with Crippen LogP contribution in [0.2, 0.25) is 0 Å². The Balaban J connectivity index is 3.03. The number of aliphatic imine (C=N–C) groups is 2. The van der Waals surface area contributed by atoms with Gasteiger partial charge in [0.05, 0.1) is 23.7 Å². The van der Waals surface area contributed by atoms with Gasteiger partial charge in [-0.25, -0.2) is 27.9 Å². The lowest BCUT2D eigenvalue weighted by atomic mass is 10.1. The van der Waals surface area contributed by atoms with Gasteiger partial charge in [-0.3, -0.25) is 0 Å². The minimum atomic E-state index is -3.73. The number of sulfonamides is 1. The zero-order valence-corrected chi connectivity index (χ0v) is 13.9. The second-order valence-corrected chi connectivity index (χ2v) is 7.31. The number of nitrogens with two attached hydrogens (primary N) is 1. The van der Waals surface area contributed by atoms with Gasteiger partial charge < -0.3 is 9.64 Å². The maximum absolute atomic E-state index is 12.8. The first kappa shape index (κ1) is 18.7. The van der Waals surface area contributed by atoms with Crippen LogP contribution in [0.5, 0.6) is 0 Å². The lowest BCUT2D eigenvalue weighted by molar-refractivity contribution is -0.0198. The van der Waals surface area contributed by atoms with Crippen molar-refractivity contribution in [2.75, 3.05) is 13.1 Å². The van der Waals surface area contributed by atoms with E-state index in [0.717, 1.165) is 6.20 Å². The number of hydrogen-bond donors (Lipinski definition) is 1. The van der Waals surface area contributed by atoms with E-state index in [4.69, 9.17) is 9.88 Å². The summed E-state index contributed by atoms with van der Waals surface area (Å²) >= 11 is 0. The molecule has 0 aromatic rings. The Bertz CT molecular complexity index is 556.